The fourth-order valence-electron chi connectivity index (χ4n) is 2.59. The molecule has 2 aromatic carbocycles. The number of nitro groups is 1. The van der Waals surface area contributed by atoms with Crippen molar-refractivity contribution < 1.29 is 14.1 Å². The topological polar surface area (TPSA) is 77.3 Å². The average Bonchev–Trinajstić information content (AvgIpc) is 2.56. The number of fused-ring (bicyclic) bond motifs is 1. The zero-order valence-corrected chi connectivity index (χ0v) is 14.6. The van der Waals surface area contributed by atoms with Crippen LogP contribution in [-0.2, 0) is 0 Å². The predicted octanol–water partition coefficient (Wildman–Crippen LogP) is 5.20. The van der Waals surface area contributed by atoms with Gasteiger partial charge in [0, 0.05) is 23.3 Å². The number of nitrogens with one attached hydrogen (secondary N) is 1. The number of hydrogen-bond donors (Lipinski definition) is 1. The van der Waals surface area contributed by atoms with Crippen molar-refractivity contribution in [1.82, 2.24) is 4.98 Å². The van der Waals surface area contributed by atoms with Crippen LogP contribution >= 0.6 is 0 Å². The molecule has 0 aliphatic rings. The van der Waals surface area contributed by atoms with Crippen molar-refractivity contribution in [3.05, 3.63) is 64.6 Å². The van der Waals surface area contributed by atoms with Crippen molar-refractivity contribution >= 4 is 28.0 Å². The highest BCUT2D eigenvalue weighted by Crippen LogP contribution is 2.34. The number of nitrogens with zero attached hydrogens (tertiary/aromatic N) is 2. The number of nitro benzene ring substituents is 1. The van der Waals surface area contributed by atoms with Crippen molar-refractivity contribution in [3.63, 3.8) is 0 Å². The number of rotatable bonds is 4. The minimum absolute atomic E-state index is 0.132. The molecule has 0 atom stereocenters. The molecule has 0 saturated heterocycles. The molecule has 134 valence electrons. The molecule has 0 fully saturated rings. The van der Waals surface area contributed by atoms with Crippen LogP contribution in [0.3, 0.4) is 0 Å². The van der Waals surface area contributed by atoms with Gasteiger partial charge in [0.05, 0.1) is 4.92 Å². The van der Waals surface area contributed by atoms with E-state index < -0.39 is 10.7 Å². The summed E-state index contributed by atoms with van der Waals surface area (Å²) in [5.41, 5.74) is 0.138. The summed E-state index contributed by atoms with van der Waals surface area (Å²) >= 11 is 0. The Morgan fingerprint density at radius 3 is 2.42 bits per heavy atom. The van der Waals surface area contributed by atoms with E-state index >= 15 is 0 Å². The Labute approximate surface area is 149 Å². The third-order valence-electron chi connectivity index (χ3n) is 3.59. The number of halogens is 1. The molecule has 7 heteroatoms. The first kappa shape index (κ1) is 17.6. The quantitative estimate of drug-likeness (QED) is 0.514. The standard InChI is InChI=1S/C19H18FN3O3/c1-19(2,3)26-13-6-4-12(5-7-13)22-18-17-14(10-11-21-18)15(20)8-9-16(17)23(24)25/h4-11H,1-3H3,(H,21,22). The minimum atomic E-state index is -0.547. The molecule has 1 heterocycles. The number of hydrogen-bond acceptors (Lipinski definition) is 5. The highest BCUT2D eigenvalue weighted by molar-refractivity contribution is 6.00. The number of pyridine rings is 1. The van der Waals surface area contributed by atoms with Crippen molar-refractivity contribution in [1.29, 1.82) is 0 Å². The van der Waals surface area contributed by atoms with Crippen LogP contribution in [0.25, 0.3) is 10.8 Å². The van der Waals surface area contributed by atoms with E-state index in [0.29, 0.717) is 11.4 Å². The zero-order chi connectivity index (χ0) is 18.9. The fourth-order valence-corrected chi connectivity index (χ4v) is 2.59. The number of non-ortho nitro benzene ring substituents is 1. The van der Waals surface area contributed by atoms with Crippen LogP contribution in [0.15, 0.2) is 48.7 Å². The predicted molar refractivity (Wildman–Crippen MR) is 98.5 cm³/mol. The van der Waals surface area contributed by atoms with Crippen LogP contribution in [0.1, 0.15) is 20.8 Å². The Morgan fingerprint density at radius 1 is 1.12 bits per heavy atom. The molecule has 0 amide bonds. The molecule has 0 bridgehead atoms. The Kier molecular flexibility index (Phi) is 4.46. The van der Waals surface area contributed by atoms with Crippen molar-refractivity contribution in [2.24, 2.45) is 0 Å². The first-order valence-corrected chi connectivity index (χ1v) is 8.02. The lowest BCUT2D eigenvalue weighted by atomic mass is 10.1. The van der Waals surface area contributed by atoms with Gasteiger partial charge in [-0.15, -0.1) is 0 Å². The normalized spacial score (nSPS) is 11.4. The van der Waals surface area contributed by atoms with Crippen LogP contribution in [0.5, 0.6) is 5.75 Å². The maximum atomic E-state index is 14.1. The summed E-state index contributed by atoms with van der Waals surface area (Å²) < 4.78 is 19.8. The van der Waals surface area contributed by atoms with Gasteiger partial charge in [0.25, 0.3) is 5.69 Å². The molecule has 6 nitrogen and oxygen atoms in total. The van der Waals surface area contributed by atoms with Gasteiger partial charge in [0.1, 0.15) is 28.4 Å². The summed E-state index contributed by atoms with van der Waals surface area (Å²) in [5.74, 6) is 0.383. The Bertz CT molecular complexity index is 966. The molecule has 0 radical (unpaired) electrons. The van der Waals surface area contributed by atoms with E-state index in [1.165, 1.54) is 12.3 Å². The summed E-state index contributed by atoms with van der Waals surface area (Å²) in [6, 6.07) is 10.8. The third kappa shape index (κ3) is 3.72. The van der Waals surface area contributed by atoms with E-state index in [1.807, 2.05) is 20.8 Å². The highest BCUT2D eigenvalue weighted by atomic mass is 19.1. The number of benzene rings is 2. The summed E-state index contributed by atoms with van der Waals surface area (Å²) in [4.78, 5) is 14.9. The maximum Gasteiger partial charge on any atom is 0.281 e. The minimum Gasteiger partial charge on any atom is -0.488 e. The van der Waals surface area contributed by atoms with Crippen LogP contribution in [0.4, 0.5) is 21.6 Å². The zero-order valence-electron chi connectivity index (χ0n) is 14.6. The van der Waals surface area contributed by atoms with E-state index in [9.17, 15) is 14.5 Å². The fraction of sp³-hybridized carbons (Fsp3) is 0.211. The molecule has 1 aromatic heterocycles. The molecular formula is C19H18FN3O3. The first-order chi connectivity index (χ1) is 12.2. The summed E-state index contributed by atoms with van der Waals surface area (Å²) in [6.07, 6.45) is 1.41. The molecule has 0 saturated carbocycles. The number of aromatic nitrogens is 1. The van der Waals surface area contributed by atoms with Gasteiger partial charge in [-0.25, -0.2) is 9.37 Å². The summed E-state index contributed by atoms with van der Waals surface area (Å²) in [7, 11) is 0. The van der Waals surface area contributed by atoms with E-state index in [4.69, 9.17) is 4.74 Å². The molecule has 0 spiro atoms. The number of anilines is 2. The highest BCUT2D eigenvalue weighted by Gasteiger charge is 2.19. The van der Waals surface area contributed by atoms with Crippen LogP contribution in [-0.4, -0.2) is 15.5 Å². The lowest BCUT2D eigenvalue weighted by Gasteiger charge is -2.21. The lowest BCUT2D eigenvalue weighted by molar-refractivity contribution is -0.383. The van der Waals surface area contributed by atoms with Crippen LogP contribution in [0.2, 0.25) is 0 Å². The van der Waals surface area contributed by atoms with E-state index in [1.54, 1.807) is 24.3 Å². The molecule has 3 aromatic rings. The molecule has 3 rings (SSSR count). The molecule has 0 aliphatic carbocycles. The Balaban J connectivity index is 1.99. The Hall–Kier alpha value is -3.22. The second kappa shape index (κ2) is 6.59. The molecule has 1 N–H and O–H groups in total. The monoisotopic (exact) mass is 355 g/mol. The van der Waals surface area contributed by atoms with Gasteiger partial charge in [-0.3, -0.25) is 10.1 Å². The van der Waals surface area contributed by atoms with Gasteiger partial charge < -0.3 is 10.1 Å². The van der Waals surface area contributed by atoms with Gasteiger partial charge >= 0.3 is 0 Å². The van der Waals surface area contributed by atoms with Gasteiger partial charge in [-0.2, -0.15) is 0 Å². The van der Waals surface area contributed by atoms with E-state index in [-0.39, 0.29) is 27.9 Å². The van der Waals surface area contributed by atoms with E-state index in [2.05, 4.69) is 10.3 Å². The van der Waals surface area contributed by atoms with Crippen molar-refractivity contribution in [2.45, 2.75) is 26.4 Å². The average molecular weight is 355 g/mol. The molecule has 0 unspecified atom stereocenters. The van der Waals surface area contributed by atoms with Gasteiger partial charge in [0.15, 0.2) is 0 Å². The van der Waals surface area contributed by atoms with Gasteiger partial charge in [0.2, 0.25) is 0 Å². The molecule has 26 heavy (non-hydrogen) atoms. The lowest BCUT2D eigenvalue weighted by Crippen LogP contribution is -2.22. The van der Waals surface area contributed by atoms with Gasteiger partial charge in [-0.05, 0) is 57.2 Å². The maximum absolute atomic E-state index is 14.1. The third-order valence-corrected chi connectivity index (χ3v) is 3.59. The second-order valence-corrected chi connectivity index (χ2v) is 6.77. The van der Waals surface area contributed by atoms with Crippen molar-refractivity contribution in [3.8, 4) is 5.75 Å². The van der Waals surface area contributed by atoms with E-state index in [0.717, 1.165) is 12.1 Å². The SMILES string of the molecule is CC(C)(C)Oc1ccc(Nc2nccc3c(F)ccc([N+](=O)[O-])c23)cc1. The van der Waals surface area contributed by atoms with Gasteiger partial charge in [-0.1, -0.05) is 0 Å². The Morgan fingerprint density at radius 2 is 1.81 bits per heavy atom. The smallest absolute Gasteiger partial charge is 0.281 e. The second-order valence-electron chi connectivity index (χ2n) is 6.77. The summed E-state index contributed by atoms with van der Waals surface area (Å²) in [5, 5.41) is 14.6. The van der Waals surface area contributed by atoms with Crippen molar-refractivity contribution in [2.75, 3.05) is 5.32 Å². The van der Waals surface area contributed by atoms with Crippen LogP contribution < -0.4 is 10.1 Å². The largest absolute Gasteiger partial charge is 0.488 e. The summed E-state index contributed by atoms with van der Waals surface area (Å²) in [6.45, 7) is 5.85. The molecular weight excluding hydrogens is 337 g/mol. The number of ether oxygens (including phenoxy) is 1. The van der Waals surface area contributed by atoms with Crippen LogP contribution in [0, 0.1) is 15.9 Å². The first-order valence-electron chi connectivity index (χ1n) is 8.02. The molecule has 0 aliphatic heterocycles.